The molecule has 0 bridgehead atoms. The molecule has 0 atom stereocenters. The maximum absolute atomic E-state index is 11.3. The number of carbonyl (C=O) groups is 1. The summed E-state index contributed by atoms with van der Waals surface area (Å²) in [6.45, 7) is 2.44. The zero-order valence-electron chi connectivity index (χ0n) is 11.8. The Kier molecular flexibility index (Phi) is 5.36. The van der Waals surface area contributed by atoms with Crippen molar-refractivity contribution in [2.24, 2.45) is 0 Å². The standard InChI is InChI=1S/C18H20O2/c1-2-6-18(19)20-14-13-15-9-11-17(12-10-15)16-7-4-3-5-8-16/h3-5,7-12H,2,6,13-14H2,1H3. The van der Waals surface area contributed by atoms with Crippen molar-refractivity contribution in [2.75, 3.05) is 6.61 Å². The van der Waals surface area contributed by atoms with Gasteiger partial charge in [0.2, 0.25) is 0 Å². The second-order valence-corrected chi connectivity index (χ2v) is 4.78. The highest BCUT2D eigenvalue weighted by atomic mass is 16.5. The first-order valence-corrected chi connectivity index (χ1v) is 7.09. The lowest BCUT2D eigenvalue weighted by atomic mass is 10.0. The highest BCUT2D eigenvalue weighted by molar-refractivity contribution is 5.69. The summed E-state index contributed by atoms with van der Waals surface area (Å²) in [6, 6.07) is 18.7. The minimum Gasteiger partial charge on any atom is -0.465 e. The summed E-state index contributed by atoms with van der Waals surface area (Å²) in [5.41, 5.74) is 3.61. The number of carbonyl (C=O) groups excluding carboxylic acids is 1. The van der Waals surface area contributed by atoms with Crippen LogP contribution in [0.25, 0.3) is 11.1 Å². The predicted molar refractivity (Wildman–Crippen MR) is 81.4 cm³/mol. The van der Waals surface area contributed by atoms with Gasteiger partial charge in [0.25, 0.3) is 0 Å². The van der Waals surface area contributed by atoms with Gasteiger partial charge in [0.15, 0.2) is 0 Å². The number of benzene rings is 2. The Hall–Kier alpha value is -2.09. The minimum atomic E-state index is -0.103. The van der Waals surface area contributed by atoms with E-state index in [1.54, 1.807) is 0 Å². The van der Waals surface area contributed by atoms with E-state index >= 15 is 0 Å². The van der Waals surface area contributed by atoms with Gasteiger partial charge in [-0.2, -0.15) is 0 Å². The molecule has 0 unspecified atom stereocenters. The molecule has 2 aromatic rings. The van der Waals surface area contributed by atoms with Crippen LogP contribution in [-0.2, 0) is 16.0 Å². The van der Waals surface area contributed by atoms with Gasteiger partial charge in [-0.1, -0.05) is 61.5 Å². The molecule has 0 aromatic heterocycles. The largest absolute Gasteiger partial charge is 0.465 e. The number of rotatable bonds is 6. The molecule has 0 fully saturated rings. The van der Waals surface area contributed by atoms with Crippen molar-refractivity contribution in [1.29, 1.82) is 0 Å². The molecule has 0 N–H and O–H groups in total. The lowest BCUT2D eigenvalue weighted by Gasteiger charge is -2.06. The molecule has 2 nitrogen and oxygen atoms in total. The summed E-state index contributed by atoms with van der Waals surface area (Å²) in [7, 11) is 0. The molecule has 2 aromatic carbocycles. The Bertz CT molecular complexity index is 529. The maximum Gasteiger partial charge on any atom is 0.305 e. The monoisotopic (exact) mass is 268 g/mol. The third kappa shape index (κ3) is 4.23. The maximum atomic E-state index is 11.3. The van der Waals surface area contributed by atoms with Gasteiger partial charge in [0.05, 0.1) is 6.61 Å². The molecular weight excluding hydrogens is 248 g/mol. The van der Waals surface area contributed by atoms with Crippen molar-refractivity contribution in [1.82, 2.24) is 0 Å². The summed E-state index contributed by atoms with van der Waals surface area (Å²) in [5.74, 6) is -0.103. The van der Waals surface area contributed by atoms with Gasteiger partial charge in [0.1, 0.15) is 0 Å². The summed E-state index contributed by atoms with van der Waals surface area (Å²) in [4.78, 5) is 11.3. The Morgan fingerprint density at radius 1 is 0.950 bits per heavy atom. The van der Waals surface area contributed by atoms with Crippen molar-refractivity contribution in [3.8, 4) is 11.1 Å². The second-order valence-electron chi connectivity index (χ2n) is 4.78. The summed E-state index contributed by atoms with van der Waals surface area (Å²) in [5, 5.41) is 0. The molecule has 0 radical (unpaired) electrons. The van der Waals surface area contributed by atoms with Crippen LogP contribution < -0.4 is 0 Å². The van der Waals surface area contributed by atoms with E-state index in [2.05, 4.69) is 36.4 Å². The lowest BCUT2D eigenvalue weighted by molar-refractivity contribution is -0.143. The van der Waals surface area contributed by atoms with Gasteiger partial charge >= 0.3 is 5.97 Å². The molecule has 2 heteroatoms. The Morgan fingerprint density at radius 3 is 2.25 bits per heavy atom. The van der Waals surface area contributed by atoms with Gasteiger partial charge in [-0.3, -0.25) is 4.79 Å². The molecular formula is C18H20O2. The van der Waals surface area contributed by atoms with Crippen LogP contribution in [0.2, 0.25) is 0 Å². The molecule has 0 heterocycles. The first-order valence-electron chi connectivity index (χ1n) is 7.09. The molecule has 0 aliphatic heterocycles. The third-order valence-corrected chi connectivity index (χ3v) is 3.17. The quantitative estimate of drug-likeness (QED) is 0.732. The van der Waals surface area contributed by atoms with Crippen molar-refractivity contribution in [3.05, 3.63) is 60.2 Å². The van der Waals surface area contributed by atoms with Crippen LogP contribution in [0.5, 0.6) is 0 Å². The van der Waals surface area contributed by atoms with E-state index in [1.807, 2.05) is 25.1 Å². The Labute approximate surface area is 120 Å². The van der Waals surface area contributed by atoms with E-state index in [4.69, 9.17) is 4.74 Å². The normalized spacial score (nSPS) is 10.2. The topological polar surface area (TPSA) is 26.3 Å². The average molecular weight is 268 g/mol. The second kappa shape index (κ2) is 7.49. The first-order chi connectivity index (χ1) is 9.79. The lowest BCUT2D eigenvalue weighted by Crippen LogP contribution is -2.06. The summed E-state index contributed by atoms with van der Waals surface area (Å²) < 4.78 is 5.16. The predicted octanol–water partition coefficient (Wildman–Crippen LogP) is 4.24. The van der Waals surface area contributed by atoms with Crippen LogP contribution in [0.4, 0.5) is 0 Å². The minimum absolute atomic E-state index is 0.103. The highest BCUT2D eigenvalue weighted by Crippen LogP contribution is 2.19. The zero-order chi connectivity index (χ0) is 14.2. The molecule has 0 aliphatic carbocycles. The smallest absolute Gasteiger partial charge is 0.305 e. The Morgan fingerprint density at radius 2 is 1.60 bits per heavy atom. The summed E-state index contributed by atoms with van der Waals surface area (Å²) in [6.07, 6.45) is 2.11. The van der Waals surface area contributed by atoms with Crippen LogP contribution in [0, 0.1) is 0 Å². The summed E-state index contributed by atoms with van der Waals surface area (Å²) >= 11 is 0. The highest BCUT2D eigenvalue weighted by Gasteiger charge is 2.01. The van der Waals surface area contributed by atoms with Gasteiger partial charge in [-0.05, 0) is 23.1 Å². The average Bonchev–Trinajstić information content (AvgIpc) is 2.49. The molecule has 0 saturated carbocycles. The van der Waals surface area contributed by atoms with E-state index in [-0.39, 0.29) is 5.97 Å². The van der Waals surface area contributed by atoms with Crippen molar-refractivity contribution < 1.29 is 9.53 Å². The number of esters is 1. The van der Waals surface area contributed by atoms with Crippen LogP contribution in [-0.4, -0.2) is 12.6 Å². The molecule has 0 spiro atoms. The van der Waals surface area contributed by atoms with E-state index in [1.165, 1.54) is 16.7 Å². The van der Waals surface area contributed by atoms with Gasteiger partial charge in [-0.25, -0.2) is 0 Å². The van der Waals surface area contributed by atoms with Gasteiger partial charge in [0, 0.05) is 12.8 Å². The fourth-order valence-electron chi connectivity index (χ4n) is 2.05. The van der Waals surface area contributed by atoms with E-state index in [9.17, 15) is 4.79 Å². The fraction of sp³-hybridized carbons (Fsp3) is 0.278. The third-order valence-electron chi connectivity index (χ3n) is 3.17. The van der Waals surface area contributed by atoms with E-state index in [0.29, 0.717) is 13.0 Å². The van der Waals surface area contributed by atoms with Crippen LogP contribution in [0.3, 0.4) is 0 Å². The van der Waals surface area contributed by atoms with Crippen LogP contribution >= 0.6 is 0 Å². The molecule has 20 heavy (non-hydrogen) atoms. The number of ether oxygens (including phenoxy) is 1. The molecule has 0 amide bonds. The van der Waals surface area contributed by atoms with Crippen LogP contribution in [0.1, 0.15) is 25.3 Å². The van der Waals surface area contributed by atoms with Crippen molar-refractivity contribution in [2.45, 2.75) is 26.2 Å². The molecule has 104 valence electrons. The molecule has 0 saturated heterocycles. The Balaban J connectivity index is 1.88. The first kappa shape index (κ1) is 14.3. The van der Waals surface area contributed by atoms with Gasteiger partial charge < -0.3 is 4.74 Å². The fourth-order valence-corrected chi connectivity index (χ4v) is 2.05. The van der Waals surface area contributed by atoms with Crippen LogP contribution in [0.15, 0.2) is 54.6 Å². The molecule has 2 rings (SSSR count). The van der Waals surface area contributed by atoms with E-state index in [0.717, 1.165) is 12.8 Å². The molecule has 0 aliphatic rings. The SMILES string of the molecule is CCCC(=O)OCCc1ccc(-c2ccccc2)cc1. The van der Waals surface area contributed by atoms with Crippen molar-refractivity contribution in [3.63, 3.8) is 0 Å². The zero-order valence-corrected chi connectivity index (χ0v) is 11.8. The number of hydrogen-bond acceptors (Lipinski definition) is 2. The van der Waals surface area contributed by atoms with E-state index < -0.39 is 0 Å². The number of hydrogen-bond donors (Lipinski definition) is 0. The van der Waals surface area contributed by atoms with Crippen molar-refractivity contribution >= 4 is 5.97 Å². The van der Waals surface area contributed by atoms with Gasteiger partial charge in [-0.15, -0.1) is 0 Å².